The molecule has 2 aromatic rings. The highest BCUT2D eigenvalue weighted by Crippen LogP contribution is 2.40. The molecule has 1 aromatic carbocycles. The van der Waals surface area contributed by atoms with Gasteiger partial charge in [-0.15, -0.1) is 0 Å². The second kappa shape index (κ2) is 9.30. The van der Waals surface area contributed by atoms with Crippen LogP contribution in [0.3, 0.4) is 0 Å². The van der Waals surface area contributed by atoms with Crippen molar-refractivity contribution in [3.63, 3.8) is 0 Å². The molecule has 136 valence electrons. The highest BCUT2D eigenvalue weighted by Gasteiger charge is 2.34. The summed E-state index contributed by atoms with van der Waals surface area (Å²) in [5.74, 6) is -0.193. The molecule has 4 heteroatoms. The van der Waals surface area contributed by atoms with Crippen LogP contribution in [-0.2, 0) is 11.3 Å². The van der Waals surface area contributed by atoms with E-state index in [2.05, 4.69) is 52.4 Å². The van der Waals surface area contributed by atoms with Crippen LogP contribution in [0, 0.1) is 5.92 Å². The highest BCUT2D eigenvalue weighted by molar-refractivity contribution is 5.66. The Bertz CT molecular complexity index is 715. The molecule has 3 rings (SSSR count). The molecule has 1 aromatic heterocycles. The van der Waals surface area contributed by atoms with Crippen molar-refractivity contribution in [3.05, 3.63) is 78.1 Å². The van der Waals surface area contributed by atoms with Crippen molar-refractivity contribution >= 4 is 5.97 Å². The minimum absolute atomic E-state index is 0.203. The maximum absolute atomic E-state index is 10.6. The Balaban J connectivity index is 1.69. The van der Waals surface area contributed by atoms with Gasteiger partial charge in [0.15, 0.2) is 0 Å². The molecule has 0 radical (unpaired) electrons. The summed E-state index contributed by atoms with van der Waals surface area (Å²) in [7, 11) is 0. The maximum Gasteiger partial charge on any atom is 0.303 e. The van der Waals surface area contributed by atoms with Crippen molar-refractivity contribution in [2.75, 3.05) is 6.54 Å². The van der Waals surface area contributed by atoms with E-state index in [1.165, 1.54) is 5.56 Å². The van der Waals surface area contributed by atoms with Crippen LogP contribution in [0.2, 0.25) is 0 Å². The Morgan fingerprint density at radius 2 is 1.96 bits per heavy atom. The molecule has 4 nitrogen and oxygen atoms in total. The van der Waals surface area contributed by atoms with E-state index in [1.54, 1.807) is 0 Å². The Hall–Kier alpha value is -2.46. The van der Waals surface area contributed by atoms with Gasteiger partial charge >= 0.3 is 5.97 Å². The molecule has 1 fully saturated rings. The van der Waals surface area contributed by atoms with Gasteiger partial charge in [-0.1, -0.05) is 48.6 Å². The first kappa shape index (κ1) is 18.3. The van der Waals surface area contributed by atoms with Crippen LogP contribution < -0.4 is 0 Å². The molecule has 2 atom stereocenters. The normalized spacial score (nSPS) is 20.6. The van der Waals surface area contributed by atoms with Gasteiger partial charge in [-0.25, -0.2) is 0 Å². The summed E-state index contributed by atoms with van der Waals surface area (Å²) in [6.45, 7) is 1.92. The number of hydrogen-bond acceptors (Lipinski definition) is 3. The minimum atomic E-state index is -0.737. The van der Waals surface area contributed by atoms with Crippen molar-refractivity contribution in [3.8, 4) is 0 Å². The zero-order valence-electron chi connectivity index (χ0n) is 15.0. The molecular weight excluding hydrogens is 324 g/mol. The number of rotatable bonds is 8. The van der Waals surface area contributed by atoms with E-state index in [0.29, 0.717) is 18.4 Å². The fourth-order valence-corrected chi connectivity index (χ4v) is 3.78. The van der Waals surface area contributed by atoms with Crippen LogP contribution >= 0.6 is 0 Å². The van der Waals surface area contributed by atoms with Gasteiger partial charge in [0.25, 0.3) is 0 Å². The number of carboxylic acids is 1. The van der Waals surface area contributed by atoms with Crippen molar-refractivity contribution in [2.45, 2.75) is 38.3 Å². The third kappa shape index (κ3) is 5.02. The van der Waals surface area contributed by atoms with E-state index >= 15 is 0 Å². The van der Waals surface area contributed by atoms with Gasteiger partial charge in [0.2, 0.25) is 0 Å². The summed E-state index contributed by atoms with van der Waals surface area (Å²) in [6, 6.07) is 17.1. The van der Waals surface area contributed by atoms with E-state index < -0.39 is 5.97 Å². The number of pyridine rings is 1. The predicted octanol–water partition coefficient (Wildman–Crippen LogP) is 4.46. The van der Waals surface area contributed by atoms with E-state index in [1.807, 2.05) is 24.4 Å². The molecule has 1 saturated heterocycles. The molecular formula is C22H26N2O2. The van der Waals surface area contributed by atoms with Gasteiger partial charge in [0.05, 0.1) is 5.69 Å². The number of carboxylic acid groups (broad SMARTS) is 1. The standard InChI is InChI=1S/C22H26N2O2/c25-21(26)13-6-2-5-11-19-14-16-24(17-20-12-7-8-15-23-20)22(19)18-9-3-1-4-10-18/h1-5,7-10,12,15,19,22H,6,11,13-14,16-17H2,(H,25,26)/b5-2-. The fourth-order valence-electron chi connectivity index (χ4n) is 3.78. The first-order chi connectivity index (χ1) is 12.7. The van der Waals surface area contributed by atoms with E-state index in [4.69, 9.17) is 5.11 Å². The summed E-state index contributed by atoms with van der Waals surface area (Å²) in [4.78, 5) is 17.6. The molecule has 2 heterocycles. The zero-order valence-corrected chi connectivity index (χ0v) is 15.0. The first-order valence-corrected chi connectivity index (χ1v) is 9.29. The molecule has 0 saturated carbocycles. The molecule has 0 aliphatic carbocycles. The van der Waals surface area contributed by atoms with Gasteiger partial charge in [-0.05, 0) is 49.4 Å². The Labute approximate surface area is 155 Å². The maximum atomic E-state index is 10.6. The minimum Gasteiger partial charge on any atom is -0.481 e. The summed E-state index contributed by atoms with van der Waals surface area (Å²) in [5.41, 5.74) is 2.45. The number of carbonyl (C=O) groups is 1. The summed E-state index contributed by atoms with van der Waals surface area (Å²) >= 11 is 0. The average molecular weight is 350 g/mol. The molecule has 26 heavy (non-hydrogen) atoms. The van der Waals surface area contributed by atoms with Crippen molar-refractivity contribution in [1.82, 2.24) is 9.88 Å². The lowest BCUT2D eigenvalue weighted by Gasteiger charge is -2.28. The molecule has 2 unspecified atom stereocenters. The Morgan fingerprint density at radius 3 is 2.69 bits per heavy atom. The molecule has 0 bridgehead atoms. The largest absolute Gasteiger partial charge is 0.481 e. The second-order valence-corrected chi connectivity index (χ2v) is 6.84. The van der Waals surface area contributed by atoms with Gasteiger partial charge < -0.3 is 5.11 Å². The first-order valence-electron chi connectivity index (χ1n) is 9.29. The number of aliphatic carboxylic acids is 1. The number of allylic oxidation sites excluding steroid dienone is 2. The van der Waals surface area contributed by atoms with Crippen LogP contribution in [0.25, 0.3) is 0 Å². The zero-order chi connectivity index (χ0) is 18.2. The Morgan fingerprint density at radius 1 is 1.15 bits per heavy atom. The van der Waals surface area contributed by atoms with Gasteiger partial charge in [0, 0.05) is 25.2 Å². The number of hydrogen-bond donors (Lipinski definition) is 1. The van der Waals surface area contributed by atoms with Crippen molar-refractivity contribution in [1.29, 1.82) is 0 Å². The number of likely N-dealkylation sites (tertiary alicyclic amines) is 1. The lowest BCUT2D eigenvalue weighted by molar-refractivity contribution is -0.136. The van der Waals surface area contributed by atoms with Crippen LogP contribution in [0.1, 0.15) is 43.0 Å². The lowest BCUT2D eigenvalue weighted by Crippen LogP contribution is -2.25. The molecule has 1 aliphatic rings. The number of aromatic nitrogens is 1. The number of benzene rings is 1. The monoisotopic (exact) mass is 350 g/mol. The van der Waals surface area contributed by atoms with Gasteiger partial charge in [-0.3, -0.25) is 14.7 Å². The van der Waals surface area contributed by atoms with E-state index in [9.17, 15) is 4.79 Å². The molecule has 0 spiro atoms. The summed E-state index contributed by atoms with van der Waals surface area (Å²) in [6.07, 6.45) is 8.97. The van der Waals surface area contributed by atoms with Gasteiger partial charge in [0.1, 0.15) is 0 Å². The third-order valence-electron chi connectivity index (χ3n) is 4.99. The second-order valence-electron chi connectivity index (χ2n) is 6.84. The van der Waals surface area contributed by atoms with E-state index in [0.717, 1.165) is 31.6 Å². The summed E-state index contributed by atoms with van der Waals surface area (Å²) < 4.78 is 0. The van der Waals surface area contributed by atoms with Crippen LogP contribution in [0.4, 0.5) is 0 Å². The quantitative estimate of drug-likeness (QED) is 0.714. The van der Waals surface area contributed by atoms with Crippen LogP contribution in [-0.4, -0.2) is 27.5 Å². The summed E-state index contributed by atoms with van der Waals surface area (Å²) in [5, 5.41) is 8.74. The van der Waals surface area contributed by atoms with E-state index in [-0.39, 0.29) is 6.42 Å². The van der Waals surface area contributed by atoms with Crippen molar-refractivity contribution in [2.24, 2.45) is 5.92 Å². The predicted molar refractivity (Wildman–Crippen MR) is 103 cm³/mol. The van der Waals surface area contributed by atoms with Crippen LogP contribution in [0.5, 0.6) is 0 Å². The SMILES string of the molecule is O=C(O)CC/C=C\CC1CCN(Cc2ccccn2)C1c1ccccc1. The van der Waals surface area contributed by atoms with Crippen LogP contribution in [0.15, 0.2) is 66.9 Å². The highest BCUT2D eigenvalue weighted by atomic mass is 16.4. The van der Waals surface area contributed by atoms with Gasteiger partial charge in [-0.2, -0.15) is 0 Å². The topological polar surface area (TPSA) is 53.4 Å². The third-order valence-corrected chi connectivity index (χ3v) is 4.99. The molecule has 0 amide bonds. The smallest absolute Gasteiger partial charge is 0.303 e. The van der Waals surface area contributed by atoms with Crippen molar-refractivity contribution < 1.29 is 9.90 Å². The molecule has 1 N–H and O–H groups in total. The lowest BCUT2D eigenvalue weighted by atomic mass is 9.90. The fraction of sp³-hybridized carbons (Fsp3) is 0.364. The number of nitrogens with zero attached hydrogens (tertiary/aromatic N) is 2. The molecule has 1 aliphatic heterocycles. The average Bonchev–Trinajstić information content (AvgIpc) is 3.05. The Kier molecular flexibility index (Phi) is 6.56.